The maximum absolute atomic E-state index is 9.06. The zero-order valence-corrected chi connectivity index (χ0v) is 12.6. The van der Waals surface area contributed by atoms with Crippen molar-refractivity contribution < 1.29 is 19.3 Å². The average molecular weight is 270 g/mol. The summed E-state index contributed by atoms with van der Waals surface area (Å²) in [7, 11) is 1.58. The first-order valence-corrected chi connectivity index (χ1v) is 6.86. The number of benzene rings is 1. The highest BCUT2D eigenvalue weighted by Crippen LogP contribution is 2.28. The smallest absolute Gasteiger partial charge is 0.184 e. The Balaban J connectivity index is 0.000000741. The summed E-state index contributed by atoms with van der Waals surface area (Å²) < 4.78 is 15.9. The first-order valence-electron chi connectivity index (χ1n) is 6.86. The van der Waals surface area contributed by atoms with Crippen LogP contribution in [0.4, 0.5) is 0 Å². The van der Waals surface area contributed by atoms with Gasteiger partial charge < -0.3 is 19.3 Å². The van der Waals surface area contributed by atoms with Crippen LogP contribution in [0, 0.1) is 0 Å². The molecule has 0 spiro atoms. The molecule has 0 atom stereocenters. The Hall–Kier alpha value is -1.10. The molecule has 1 aromatic carbocycles. The molecule has 19 heavy (non-hydrogen) atoms. The fourth-order valence-electron chi connectivity index (χ4n) is 1.59. The lowest BCUT2D eigenvalue weighted by Crippen LogP contribution is -2.00. The lowest BCUT2D eigenvalue weighted by Gasteiger charge is -2.12. The summed E-state index contributed by atoms with van der Waals surface area (Å²) in [5.41, 5.74) is 1.68. The Labute approximate surface area is 116 Å². The Morgan fingerprint density at radius 1 is 1.16 bits per heavy atom. The Morgan fingerprint density at radius 2 is 1.74 bits per heavy atom. The summed E-state index contributed by atoms with van der Waals surface area (Å²) in [6.07, 6.45) is -0.299. The molecular weight excluding hydrogens is 244 g/mol. The van der Waals surface area contributed by atoms with E-state index in [1.165, 1.54) is 0 Å². The summed E-state index contributed by atoms with van der Waals surface area (Å²) in [6, 6.07) is 5.53. The van der Waals surface area contributed by atoms with Gasteiger partial charge in [0.15, 0.2) is 6.29 Å². The van der Waals surface area contributed by atoms with Crippen LogP contribution in [-0.2, 0) is 16.1 Å². The van der Waals surface area contributed by atoms with Crippen LogP contribution in [0.1, 0.15) is 45.1 Å². The van der Waals surface area contributed by atoms with Crippen LogP contribution < -0.4 is 4.74 Å². The van der Waals surface area contributed by atoms with E-state index in [0.717, 1.165) is 11.1 Å². The quantitative estimate of drug-likeness (QED) is 0.915. The minimum absolute atomic E-state index is 0.0319. The maximum atomic E-state index is 9.06. The predicted octanol–water partition coefficient (Wildman–Crippen LogP) is 3.29. The molecule has 4 nitrogen and oxygen atoms in total. The third kappa shape index (κ3) is 5.19. The minimum Gasteiger partial charge on any atom is -0.496 e. The van der Waals surface area contributed by atoms with Crippen molar-refractivity contribution in [1.29, 1.82) is 0 Å². The molecule has 0 aromatic heterocycles. The molecule has 1 saturated heterocycles. The summed E-state index contributed by atoms with van der Waals surface area (Å²) in [5, 5.41) is 9.06. The van der Waals surface area contributed by atoms with Crippen molar-refractivity contribution in [3.8, 4) is 5.75 Å². The van der Waals surface area contributed by atoms with Crippen LogP contribution in [0.15, 0.2) is 18.2 Å². The van der Waals surface area contributed by atoms with Crippen LogP contribution in [0.2, 0.25) is 0 Å². The molecule has 0 bridgehead atoms. The first-order chi connectivity index (χ1) is 9.35. The van der Waals surface area contributed by atoms with Gasteiger partial charge in [-0.1, -0.05) is 39.8 Å². The molecular formula is C15H26O4. The average Bonchev–Trinajstić information content (AvgIpc) is 3.05. The number of hydrogen-bond acceptors (Lipinski definition) is 4. The number of aliphatic hydroxyl groups excluding tert-OH is 1. The molecule has 1 aliphatic heterocycles. The van der Waals surface area contributed by atoms with Crippen molar-refractivity contribution in [2.45, 2.75) is 40.6 Å². The van der Waals surface area contributed by atoms with Crippen LogP contribution >= 0.6 is 0 Å². The largest absolute Gasteiger partial charge is 0.496 e. The SMILES string of the molecule is CC.CC.COc1cc(C2OCCO2)ccc1CO. The third-order valence-electron chi connectivity index (χ3n) is 2.38. The maximum Gasteiger partial charge on any atom is 0.184 e. The second kappa shape index (κ2) is 10.8. The van der Waals surface area contributed by atoms with Gasteiger partial charge in [0, 0.05) is 11.1 Å². The summed E-state index contributed by atoms with van der Waals surface area (Å²) in [6.45, 7) is 9.21. The molecule has 1 aromatic rings. The fraction of sp³-hybridized carbons (Fsp3) is 0.600. The van der Waals surface area contributed by atoms with E-state index < -0.39 is 0 Å². The number of aliphatic hydroxyl groups is 1. The second-order valence-electron chi connectivity index (χ2n) is 3.30. The Morgan fingerprint density at radius 3 is 2.21 bits per heavy atom. The molecule has 1 fully saturated rings. The lowest BCUT2D eigenvalue weighted by atomic mass is 10.1. The number of ether oxygens (including phenoxy) is 3. The van der Waals surface area contributed by atoms with Crippen molar-refractivity contribution in [3.05, 3.63) is 29.3 Å². The van der Waals surface area contributed by atoms with Gasteiger partial charge in [-0.25, -0.2) is 0 Å². The molecule has 0 amide bonds. The van der Waals surface area contributed by atoms with Gasteiger partial charge in [0.25, 0.3) is 0 Å². The molecule has 0 radical (unpaired) electrons. The Bertz CT molecular complexity index is 333. The van der Waals surface area contributed by atoms with Gasteiger partial charge in [-0.15, -0.1) is 0 Å². The van der Waals surface area contributed by atoms with E-state index >= 15 is 0 Å². The van der Waals surface area contributed by atoms with Crippen LogP contribution in [0.3, 0.4) is 0 Å². The summed E-state index contributed by atoms with van der Waals surface area (Å²) in [5.74, 6) is 0.661. The van der Waals surface area contributed by atoms with E-state index in [1.807, 2.05) is 45.9 Å². The highest BCUT2D eigenvalue weighted by Gasteiger charge is 2.19. The van der Waals surface area contributed by atoms with Crippen molar-refractivity contribution in [2.24, 2.45) is 0 Å². The molecule has 110 valence electrons. The molecule has 1 heterocycles. The normalized spacial score (nSPS) is 14.0. The third-order valence-corrected chi connectivity index (χ3v) is 2.38. The van der Waals surface area contributed by atoms with Crippen LogP contribution in [-0.4, -0.2) is 25.4 Å². The van der Waals surface area contributed by atoms with Gasteiger partial charge in [-0.3, -0.25) is 0 Å². The topological polar surface area (TPSA) is 47.9 Å². The highest BCUT2D eigenvalue weighted by atomic mass is 16.7. The lowest BCUT2D eigenvalue weighted by molar-refractivity contribution is -0.0442. The van der Waals surface area contributed by atoms with E-state index in [1.54, 1.807) is 7.11 Å². The Kier molecular flexibility index (Phi) is 10.2. The van der Waals surface area contributed by atoms with Crippen LogP contribution in [0.5, 0.6) is 5.75 Å². The van der Waals surface area contributed by atoms with Gasteiger partial charge in [0.1, 0.15) is 5.75 Å². The number of methoxy groups -OCH3 is 1. The second-order valence-corrected chi connectivity index (χ2v) is 3.30. The zero-order valence-electron chi connectivity index (χ0n) is 12.6. The van der Waals surface area contributed by atoms with Gasteiger partial charge in [0.2, 0.25) is 0 Å². The molecule has 4 heteroatoms. The van der Waals surface area contributed by atoms with Crippen molar-refractivity contribution in [1.82, 2.24) is 0 Å². The predicted molar refractivity (Wildman–Crippen MR) is 76.3 cm³/mol. The van der Waals surface area contributed by atoms with Crippen molar-refractivity contribution >= 4 is 0 Å². The first kappa shape index (κ1) is 17.9. The van der Waals surface area contributed by atoms with E-state index in [2.05, 4.69) is 0 Å². The van der Waals surface area contributed by atoms with Gasteiger partial charge in [-0.2, -0.15) is 0 Å². The fourth-order valence-corrected chi connectivity index (χ4v) is 1.59. The molecule has 0 saturated carbocycles. The van der Waals surface area contributed by atoms with E-state index in [-0.39, 0.29) is 12.9 Å². The number of rotatable bonds is 3. The van der Waals surface area contributed by atoms with E-state index in [0.29, 0.717) is 19.0 Å². The molecule has 2 rings (SSSR count). The van der Waals surface area contributed by atoms with Gasteiger partial charge in [0.05, 0.1) is 26.9 Å². The van der Waals surface area contributed by atoms with E-state index in [9.17, 15) is 0 Å². The molecule has 0 aliphatic carbocycles. The monoisotopic (exact) mass is 270 g/mol. The highest BCUT2D eigenvalue weighted by molar-refractivity contribution is 5.37. The van der Waals surface area contributed by atoms with Gasteiger partial charge in [-0.05, 0) is 6.07 Å². The zero-order chi connectivity index (χ0) is 14.7. The van der Waals surface area contributed by atoms with Crippen LogP contribution in [0.25, 0.3) is 0 Å². The van der Waals surface area contributed by atoms with E-state index in [4.69, 9.17) is 19.3 Å². The molecule has 0 unspecified atom stereocenters. The molecule has 1 N–H and O–H groups in total. The summed E-state index contributed by atoms with van der Waals surface area (Å²) >= 11 is 0. The molecule has 1 aliphatic rings. The minimum atomic E-state index is -0.299. The summed E-state index contributed by atoms with van der Waals surface area (Å²) in [4.78, 5) is 0. The van der Waals surface area contributed by atoms with Gasteiger partial charge >= 0.3 is 0 Å². The standard InChI is InChI=1S/C11H14O4.2C2H6/c1-13-10-6-8(2-3-9(10)7-12)11-14-4-5-15-11;2*1-2/h2-3,6,11-12H,4-5,7H2,1H3;2*1-2H3. The number of hydrogen-bond donors (Lipinski definition) is 1. The van der Waals surface area contributed by atoms with Crippen molar-refractivity contribution in [2.75, 3.05) is 20.3 Å². The van der Waals surface area contributed by atoms with Crippen molar-refractivity contribution in [3.63, 3.8) is 0 Å².